The molecule has 0 fully saturated rings. The number of benzene rings is 10. The molecular weight excluding hydrogens is 791 g/mol. The molecule has 2 aromatic heterocycles. The lowest BCUT2D eigenvalue weighted by Crippen LogP contribution is -2.11. The van der Waals surface area contributed by atoms with Crippen LogP contribution in [0.4, 0.5) is 17.1 Å². The fourth-order valence-electron chi connectivity index (χ4n) is 10.2. The summed E-state index contributed by atoms with van der Waals surface area (Å²) in [6.45, 7) is 0. The maximum Gasteiger partial charge on any atom is 0.145 e. The van der Waals surface area contributed by atoms with E-state index in [1.54, 1.807) is 0 Å². The van der Waals surface area contributed by atoms with Crippen LogP contribution in [0.1, 0.15) is 22.6 Å². The third-order valence-corrected chi connectivity index (χ3v) is 13.4. The van der Waals surface area contributed by atoms with Crippen LogP contribution in [0, 0.1) is 0 Å². The molecule has 1 aliphatic rings. The van der Waals surface area contributed by atoms with Gasteiger partial charge in [0.05, 0.1) is 11.1 Å². The number of anilines is 3. The molecule has 0 N–H and O–H groups in total. The molecule has 13 rings (SSSR count). The van der Waals surface area contributed by atoms with Crippen molar-refractivity contribution >= 4 is 77.8 Å². The van der Waals surface area contributed by atoms with E-state index in [4.69, 9.17) is 8.83 Å². The number of allylic oxidation sites excluding steroid dienone is 1. The number of rotatable bonds is 7. The zero-order valence-electron chi connectivity index (χ0n) is 35.5. The van der Waals surface area contributed by atoms with Gasteiger partial charge in [-0.25, -0.2) is 0 Å². The summed E-state index contributed by atoms with van der Waals surface area (Å²) in [5.74, 6) is 0.261. The fourth-order valence-corrected chi connectivity index (χ4v) is 10.2. The number of furan rings is 2. The first-order valence-corrected chi connectivity index (χ1v) is 22.4. The number of hydrogen-bond donors (Lipinski definition) is 0. The molecule has 0 saturated heterocycles. The smallest absolute Gasteiger partial charge is 0.145 e. The standard InChI is InChI=1S/C62H41NO2/c1-4-12-40(13-5-1)47-26-31-53-54-33-30-50(39-60(54)64-58(53)37-47)63(49-28-24-42(25-29-49)46-23-22-45-21-20-44-18-10-11-19-51(44)56(45)36-46)57-35-34-52(43-16-8-3-9-17-43)62-61(57)55-32-27-48(38-59(55)65-62)41-14-6-2-7-15-41/h1-35,37-39,46H,36H2. The Kier molecular flexibility index (Phi) is 8.67. The minimum absolute atomic E-state index is 0.261. The van der Waals surface area contributed by atoms with Gasteiger partial charge in [-0.15, -0.1) is 0 Å². The van der Waals surface area contributed by atoms with E-state index in [1.807, 2.05) is 0 Å². The summed E-state index contributed by atoms with van der Waals surface area (Å²) in [4.78, 5) is 2.38. The van der Waals surface area contributed by atoms with Gasteiger partial charge in [0.1, 0.15) is 22.3 Å². The number of nitrogens with zero attached hydrogens (tertiary/aromatic N) is 1. The van der Waals surface area contributed by atoms with Gasteiger partial charge in [-0.1, -0.05) is 164 Å². The van der Waals surface area contributed by atoms with Crippen molar-refractivity contribution in [3.8, 4) is 33.4 Å². The van der Waals surface area contributed by atoms with Crippen LogP contribution >= 0.6 is 0 Å². The SMILES string of the molecule is C1=CC(c2ccc(N(c3ccc4c(c3)oc3cc(-c5ccccc5)ccc34)c3ccc(-c4ccccc4)c4oc5cc(-c6ccccc6)ccc5c34)cc2)Cc2c1ccc1ccccc21. The molecule has 2 heterocycles. The predicted molar refractivity (Wildman–Crippen MR) is 271 cm³/mol. The van der Waals surface area contributed by atoms with Gasteiger partial charge in [0.25, 0.3) is 0 Å². The zero-order chi connectivity index (χ0) is 42.8. The molecule has 3 heteroatoms. The molecule has 0 saturated carbocycles. The maximum atomic E-state index is 7.03. The van der Waals surface area contributed by atoms with E-state index in [0.29, 0.717) is 0 Å². The largest absolute Gasteiger partial charge is 0.456 e. The summed E-state index contributed by atoms with van der Waals surface area (Å²) in [6, 6.07) is 78.3. The summed E-state index contributed by atoms with van der Waals surface area (Å²) in [5, 5.41) is 6.93. The molecule has 0 amide bonds. The average Bonchev–Trinajstić information content (AvgIpc) is 3.95. The van der Waals surface area contributed by atoms with Crippen LogP contribution < -0.4 is 4.90 Å². The van der Waals surface area contributed by atoms with Crippen LogP contribution in [0.3, 0.4) is 0 Å². The summed E-state index contributed by atoms with van der Waals surface area (Å²) in [7, 11) is 0. The summed E-state index contributed by atoms with van der Waals surface area (Å²) >= 11 is 0. The van der Waals surface area contributed by atoms with Crippen molar-refractivity contribution in [3.63, 3.8) is 0 Å². The molecule has 0 aliphatic heterocycles. The second-order valence-corrected chi connectivity index (χ2v) is 17.2. The van der Waals surface area contributed by atoms with Crippen LogP contribution in [0.15, 0.2) is 233 Å². The van der Waals surface area contributed by atoms with Gasteiger partial charge in [0.2, 0.25) is 0 Å². The lowest BCUT2D eigenvalue weighted by Gasteiger charge is -2.27. The second-order valence-electron chi connectivity index (χ2n) is 17.2. The molecule has 1 atom stereocenters. The van der Waals surface area contributed by atoms with E-state index in [0.717, 1.165) is 101 Å². The molecule has 10 aromatic carbocycles. The molecule has 0 radical (unpaired) electrons. The molecule has 0 bridgehead atoms. The van der Waals surface area contributed by atoms with E-state index >= 15 is 0 Å². The van der Waals surface area contributed by atoms with Crippen molar-refractivity contribution in [1.29, 1.82) is 0 Å². The Morgan fingerprint density at radius 1 is 0.415 bits per heavy atom. The molecule has 65 heavy (non-hydrogen) atoms. The highest BCUT2D eigenvalue weighted by Crippen LogP contribution is 2.48. The molecule has 1 unspecified atom stereocenters. The zero-order valence-corrected chi connectivity index (χ0v) is 35.5. The Hall–Kier alpha value is -8.40. The highest BCUT2D eigenvalue weighted by molar-refractivity contribution is 6.18. The van der Waals surface area contributed by atoms with Crippen molar-refractivity contribution in [2.45, 2.75) is 12.3 Å². The molecular formula is C62H41NO2. The van der Waals surface area contributed by atoms with Crippen molar-refractivity contribution < 1.29 is 8.83 Å². The van der Waals surface area contributed by atoms with Gasteiger partial charge in [-0.2, -0.15) is 0 Å². The predicted octanol–water partition coefficient (Wildman–Crippen LogP) is 17.5. The van der Waals surface area contributed by atoms with Gasteiger partial charge in [0.15, 0.2) is 0 Å². The van der Waals surface area contributed by atoms with Crippen molar-refractivity contribution in [3.05, 3.63) is 241 Å². The molecule has 3 nitrogen and oxygen atoms in total. The number of fused-ring (bicyclic) bond motifs is 9. The van der Waals surface area contributed by atoms with Gasteiger partial charge in [0, 0.05) is 45.1 Å². The molecule has 1 aliphatic carbocycles. The van der Waals surface area contributed by atoms with E-state index in [-0.39, 0.29) is 5.92 Å². The van der Waals surface area contributed by atoms with E-state index in [9.17, 15) is 0 Å². The van der Waals surface area contributed by atoms with Crippen molar-refractivity contribution in [2.24, 2.45) is 0 Å². The van der Waals surface area contributed by atoms with Crippen LogP contribution in [-0.2, 0) is 6.42 Å². The van der Waals surface area contributed by atoms with Gasteiger partial charge >= 0.3 is 0 Å². The Labute approximate surface area is 376 Å². The lowest BCUT2D eigenvalue weighted by atomic mass is 9.83. The molecule has 0 spiro atoms. The summed E-state index contributed by atoms with van der Waals surface area (Å²) in [6.07, 6.45) is 5.63. The average molecular weight is 832 g/mol. The Balaban J connectivity index is 0.989. The third kappa shape index (κ3) is 6.35. The maximum absolute atomic E-state index is 7.03. The van der Waals surface area contributed by atoms with Crippen LogP contribution in [0.25, 0.3) is 94.1 Å². The Morgan fingerprint density at radius 3 is 1.74 bits per heavy atom. The van der Waals surface area contributed by atoms with Gasteiger partial charge in [-0.05, 0) is 122 Å². The summed E-state index contributed by atoms with van der Waals surface area (Å²) in [5.41, 5.74) is 17.2. The van der Waals surface area contributed by atoms with E-state index < -0.39 is 0 Å². The first kappa shape index (κ1) is 37.2. The topological polar surface area (TPSA) is 29.5 Å². The summed E-state index contributed by atoms with van der Waals surface area (Å²) < 4.78 is 13.8. The van der Waals surface area contributed by atoms with Crippen LogP contribution in [0.5, 0.6) is 0 Å². The molecule has 306 valence electrons. The lowest BCUT2D eigenvalue weighted by molar-refractivity contribution is 0.669. The molecule has 12 aromatic rings. The second kappa shape index (κ2) is 15.1. The minimum Gasteiger partial charge on any atom is -0.456 e. The van der Waals surface area contributed by atoms with Crippen molar-refractivity contribution in [2.75, 3.05) is 4.90 Å². The minimum atomic E-state index is 0.261. The van der Waals surface area contributed by atoms with E-state index in [1.165, 1.54) is 27.5 Å². The first-order chi connectivity index (χ1) is 32.2. The monoisotopic (exact) mass is 831 g/mol. The fraction of sp³-hybridized carbons (Fsp3) is 0.0323. The van der Waals surface area contributed by atoms with Gasteiger partial charge in [-0.3, -0.25) is 0 Å². The van der Waals surface area contributed by atoms with Crippen LogP contribution in [-0.4, -0.2) is 0 Å². The first-order valence-electron chi connectivity index (χ1n) is 22.4. The highest BCUT2D eigenvalue weighted by atomic mass is 16.3. The Bertz CT molecular complexity index is 3790. The van der Waals surface area contributed by atoms with E-state index in [2.05, 4.69) is 235 Å². The van der Waals surface area contributed by atoms with Crippen LogP contribution in [0.2, 0.25) is 0 Å². The van der Waals surface area contributed by atoms with Gasteiger partial charge < -0.3 is 13.7 Å². The third-order valence-electron chi connectivity index (χ3n) is 13.4. The van der Waals surface area contributed by atoms with Crippen molar-refractivity contribution in [1.82, 2.24) is 0 Å². The normalized spacial score (nSPS) is 13.6. The highest BCUT2D eigenvalue weighted by Gasteiger charge is 2.25. The quantitative estimate of drug-likeness (QED) is 0.160. The number of hydrogen-bond acceptors (Lipinski definition) is 3. The Morgan fingerprint density at radius 2 is 1.02 bits per heavy atom.